The maximum atomic E-state index is 2.30. The number of rotatable bonds is 3. The fourth-order valence-electron chi connectivity index (χ4n) is 0.433. The van der Waals surface area contributed by atoms with Gasteiger partial charge in [0.25, 0.3) is 0 Å². The van der Waals surface area contributed by atoms with Gasteiger partial charge in [0.15, 0.2) is 0 Å². The van der Waals surface area contributed by atoms with E-state index in [2.05, 4.69) is 19.4 Å². The van der Waals surface area contributed by atoms with Gasteiger partial charge >= 0.3 is 0 Å². The Hall–Kier alpha value is 0.350. The van der Waals surface area contributed by atoms with Gasteiger partial charge in [0.05, 0.1) is 12.5 Å². The summed E-state index contributed by atoms with van der Waals surface area (Å²) in [6, 6.07) is 0. The summed E-state index contributed by atoms with van der Waals surface area (Å²) >= 11 is 0. The standard InChI is InChI=1S/C6H15S.2CH4.CH3/c1-4-5-6-7(2)3;;;/h4-6H2,1-3H3;2*1H4;1H3/q+1;;;-1. The zero-order valence-electron chi connectivity index (χ0n) is 6.53. The van der Waals surface area contributed by atoms with Crippen molar-refractivity contribution in [3.05, 3.63) is 7.43 Å². The minimum absolute atomic E-state index is 0. The van der Waals surface area contributed by atoms with E-state index in [-0.39, 0.29) is 22.3 Å². The van der Waals surface area contributed by atoms with Gasteiger partial charge in [0.1, 0.15) is 5.75 Å². The van der Waals surface area contributed by atoms with E-state index in [1.54, 1.807) is 0 Å². The van der Waals surface area contributed by atoms with E-state index in [9.17, 15) is 0 Å². The normalized spacial score (nSPS) is 7.20. The van der Waals surface area contributed by atoms with Crippen LogP contribution in [-0.4, -0.2) is 18.3 Å². The van der Waals surface area contributed by atoms with Crippen LogP contribution in [0.1, 0.15) is 34.6 Å². The number of unbranched alkanes of at least 4 members (excludes halogenated alkanes) is 1. The first-order valence-corrected chi connectivity index (χ1v) is 5.02. The van der Waals surface area contributed by atoms with Gasteiger partial charge in [-0.1, -0.05) is 28.2 Å². The molecule has 0 aromatic carbocycles. The molecule has 0 N–H and O–H groups in total. The molecule has 0 fully saturated rings. The lowest BCUT2D eigenvalue weighted by Gasteiger charge is -1.90. The van der Waals surface area contributed by atoms with Crippen LogP contribution in [-0.2, 0) is 10.9 Å². The molecule has 1 heteroatoms. The Bertz CT molecular complexity index is 33.7. The minimum atomic E-state index is 0. The van der Waals surface area contributed by atoms with Gasteiger partial charge in [-0.05, 0) is 17.3 Å². The van der Waals surface area contributed by atoms with Crippen LogP contribution >= 0.6 is 0 Å². The highest BCUT2D eigenvalue weighted by molar-refractivity contribution is 7.95. The molecule has 0 unspecified atom stereocenters. The van der Waals surface area contributed by atoms with E-state index in [0.29, 0.717) is 10.9 Å². The van der Waals surface area contributed by atoms with Gasteiger partial charge in [-0.3, -0.25) is 0 Å². The smallest absolute Gasteiger partial charge is 0.107 e. The zero-order valence-corrected chi connectivity index (χ0v) is 7.35. The van der Waals surface area contributed by atoms with E-state index in [1.807, 2.05) is 0 Å². The molecule has 0 aliphatic heterocycles. The van der Waals surface area contributed by atoms with E-state index in [4.69, 9.17) is 0 Å². The summed E-state index contributed by atoms with van der Waals surface area (Å²) < 4.78 is 0. The Labute approximate surface area is 71.8 Å². The fourth-order valence-corrected chi connectivity index (χ4v) is 1.30. The highest BCUT2D eigenvalue weighted by Gasteiger charge is 1.97. The average Bonchev–Trinajstić information content (AvgIpc) is 1.61. The molecule has 10 heavy (non-hydrogen) atoms. The van der Waals surface area contributed by atoms with Crippen LogP contribution in [0.3, 0.4) is 0 Å². The lowest BCUT2D eigenvalue weighted by Crippen LogP contribution is -1.99. The molecule has 0 nitrogen and oxygen atoms in total. The molecule has 0 radical (unpaired) electrons. The SMILES string of the molecule is C.C.CCCC[S+](C)C.[CH3-]. The molecule has 0 aromatic heterocycles. The molecule has 0 aromatic rings. The third-order valence-electron chi connectivity index (χ3n) is 0.906. The molecule has 0 atom stereocenters. The van der Waals surface area contributed by atoms with Crippen molar-refractivity contribution in [2.45, 2.75) is 34.6 Å². The molecule has 0 saturated carbocycles. The highest BCUT2D eigenvalue weighted by atomic mass is 32.2. The van der Waals surface area contributed by atoms with Crippen LogP contribution in [0, 0.1) is 7.43 Å². The fraction of sp³-hybridized carbons (Fsp3) is 0.889. The molecule has 0 aliphatic rings. The van der Waals surface area contributed by atoms with Crippen LogP contribution in [0.4, 0.5) is 0 Å². The van der Waals surface area contributed by atoms with Gasteiger partial charge in [0.2, 0.25) is 0 Å². The second kappa shape index (κ2) is 16.2. The lowest BCUT2D eigenvalue weighted by atomic mass is 10.4. The van der Waals surface area contributed by atoms with Crippen molar-refractivity contribution in [3.8, 4) is 0 Å². The molecule has 0 saturated heterocycles. The summed E-state index contributed by atoms with van der Waals surface area (Å²) in [4.78, 5) is 0. The van der Waals surface area contributed by atoms with Gasteiger partial charge < -0.3 is 7.43 Å². The third-order valence-corrected chi connectivity index (χ3v) is 2.01. The Morgan fingerprint density at radius 3 is 1.60 bits per heavy atom. The van der Waals surface area contributed by atoms with Gasteiger partial charge in [-0.2, -0.15) is 0 Å². The molecular weight excluding hydrogens is 140 g/mol. The first-order chi connectivity index (χ1) is 3.27. The van der Waals surface area contributed by atoms with E-state index in [1.165, 1.54) is 18.6 Å². The highest BCUT2D eigenvalue weighted by Crippen LogP contribution is 1.91. The summed E-state index contributed by atoms with van der Waals surface area (Å²) in [6.07, 6.45) is 7.37. The largest absolute Gasteiger partial charge is 0.358 e. The van der Waals surface area contributed by atoms with Crippen LogP contribution in [0.2, 0.25) is 0 Å². The first-order valence-electron chi connectivity index (χ1n) is 2.81. The van der Waals surface area contributed by atoms with Gasteiger partial charge in [-0.15, -0.1) is 0 Å². The summed E-state index contributed by atoms with van der Waals surface area (Å²) in [5.41, 5.74) is 0. The Balaban J connectivity index is -0.0000000600. The molecule has 0 amide bonds. The van der Waals surface area contributed by atoms with Crippen LogP contribution in [0.15, 0.2) is 0 Å². The Kier molecular flexibility index (Phi) is 36.3. The molecule has 0 spiro atoms. The number of hydrogen-bond donors (Lipinski definition) is 0. The van der Waals surface area contributed by atoms with E-state index >= 15 is 0 Å². The van der Waals surface area contributed by atoms with Crippen molar-refractivity contribution in [1.82, 2.24) is 0 Å². The maximum absolute atomic E-state index is 2.30. The molecule has 0 heterocycles. The van der Waals surface area contributed by atoms with Crippen molar-refractivity contribution < 1.29 is 0 Å². The molecule has 0 aliphatic carbocycles. The summed E-state index contributed by atoms with van der Waals surface area (Å²) in [5.74, 6) is 1.43. The second-order valence-electron chi connectivity index (χ2n) is 2.04. The Morgan fingerprint density at radius 1 is 1.10 bits per heavy atom. The van der Waals surface area contributed by atoms with Crippen molar-refractivity contribution in [2.24, 2.45) is 0 Å². The summed E-state index contributed by atoms with van der Waals surface area (Å²) in [7, 11) is 0.685. The van der Waals surface area contributed by atoms with Crippen molar-refractivity contribution in [3.63, 3.8) is 0 Å². The van der Waals surface area contributed by atoms with Crippen LogP contribution in [0.25, 0.3) is 0 Å². The minimum Gasteiger partial charge on any atom is -0.358 e. The predicted octanol–water partition coefficient (Wildman–Crippen LogP) is 3.39. The van der Waals surface area contributed by atoms with Crippen molar-refractivity contribution in [2.75, 3.05) is 18.3 Å². The summed E-state index contributed by atoms with van der Waals surface area (Å²) in [6.45, 7) is 2.24. The first kappa shape index (κ1) is 22.4. The Morgan fingerprint density at radius 2 is 1.50 bits per heavy atom. The number of hydrogen-bond acceptors (Lipinski definition) is 0. The second-order valence-corrected chi connectivity index (χ2v) is 4.42. The topological polar surface area (TPSA) is 0 Å². The molecule has 0 bridgehead atoms. The van der Waals surface area contributed by atoms with Crippen LogP contribution < -0.4 is 0 Å². The summed E-state index contributed by atoms with van der Waals surface area (Å²) in [5, 5.41) is 0. The van der Waals surface area contributed by atoms with Gasteiger partial charge in [-0.25, -0.2) is 0 Å². The molecular formula is C9H26S. The van der Waals surface area contributed by atoms with Crippen molar-refractivity contribution >= 4 is 10.9 Å². The average molecular weight is 166 g/mol. The quantitative estimate of drug-likeness (QED) is 0.445. The van der Waals surface area contributed by atoms with Crippen molar-refractivity contribution in [1.29, 1.82) is 0 Å². The molecule has 0 rings (SSSR count). The molecule has 68 valence electrons. The van der Waals surface area contributed by atoms with Crippen LogP contribution in [0.5, 0.6) is 0 Å². The van der Waals surface area contributed by atoms with Gasteiger partial charge in [0, 0.05) is 0 Å². The predicted molar refractivity (Wildman–Crippen MR) is 58.9 cm³/mol. The zero-order chi connectivity index (χ0) is 5.70. The van der Waals surface area contributed by atoms with E-state index < -0.39 is 0 Å². The van der Waals surface area contributed by atoms with E-state index in [0.717, 1.165) is 0 Å². The maximum Gasteiger partial charge on any atom is 0.107 e. The monoisotopic (exact) mass is 166 g/mol. The third kappa shape index (κ3) is 23.8. The lowest BCUT2D eigenvalue weighted by molar-refractivity contribution is 0.894.